The molecule has 7 nitrogen and oxygen atoms in total. The van der Waals surface area contributed by atoms with Crippen LogP contribution in [0.2, 0.25) is 0 Å². The molecule has 2 saturated heterocycles. The average Bonchev–Trinajstić information content (AvgIpc) is 3.08. The number of methoxy groups -OCH3 is 2. The van der Waals surface area contributed by atoms with Crippen LogP contribution in [-0.4, -0.2) is 58.8 Å². The Balaban J connectivity index is 0.00000280. The summed E-state index contributed by atoms with van der Waals surface area (Å²) in [4.78, 5) is 26.9. The first-order valence-electron chi connectivity index (χ1n) is 9.49. The van der Waals surface area contributed by atoms with E-state index in [9.17, 15) is 9.59 Å². The minimum Gasteiger partial charge on any atom is -0.495 e. The van der Waals surface area contributed by atoms with Gasteiger partial charge in [-0.1, -0.05) is 12.1 Å². The summed E-state index contributed by atoms with van der Waals surface area (Å²) in [6.45, 7) is 3.46. The van der Waals surface area contributed by atoms with Gasteiger partial charge in [-0.25, -0.2) is 0 Å². The number of rotatable bonds is 7. The zero-order chi connectivity index (χ0) is 19.3. The number of para-hydroxylation sites is 2. The van der Waals surface area contributed by atoms with Crippen molar-refractivity contribution in [1.82, 2.24) is 10.6 Å². The van der Waals surface area contributed by atoms with Gasteiger partial charge < -0.3 is 25.0 Å². The van der Waals surface area contributed by atoms with Gasteiger partial charge in [0.15, 0.2) is 0 Å². The Bertz CT molecular complexity index is 674. The largest absolute Gasteiger partial charge is 0.495 e. The number of halogens is 1. The van der Waals surface area contributed by atoms with Gasteiger partial charge in [-0.15, -0.1) is 12.4 Å². The smallest absolute Gasteiger partial charge is 0.227 e. The van der Waals surface area contributed by atoms with Gasteiger partial charge in [0, 0.05) is 32.0 Å². The molecule has 1 aromatic rings. The fourth-order valence-electron chi connectivity index (χ4n) is 4.02. The van der Waals surface area contributed by atoms with Crippen molar-refractivity contribution < 1.29 is 19.1 Å². The van der Waals surface area contributed by atoms with Crippen LogP contribution in [0.15, 0.2) is 24.3 Å². The monoisotopic (exact) mass is 411 g/mol. The molecular weight excluding hydrogens is 382 g/mol. The normalized spacial score (nSPS) is 21.1. The SMILES string of the molecule is COCC1(CNC(=O)C2CC(=O)N(c3ccccc3OC)C2)CCNCC1.Cl. The average molecular weight is 412 g/mol. The van der Waals surface area contributed by atoms with Gasteiger partial charge in [-0.3, -0.25) is 9.59 Å². The molecule has 8 heteroatoms. The molecular formula is C20H30ClN3O4. The van der Waals surface area contributed by atoms with E-state index >= 15 is 0 Å². The number of piperidine rings is 1. The molecule has 0 spiro atoms. The number of hydrogen-bond acceptors (Lipinski definition) is 5. The summed E-state index contributed by atoms with van der Waals surface area (Å²) in [6.07, 6.45) is 2.17. The maximum Gasteiger partial charge on any atom is 0.227 e. The second-order valence-corrected chi connectivity index (χ2v) is 7.48. The van der Waals surface area contributed by atoms with Crippen LogP contribution in [0.4, 0.5) is 5.69 Å². The van der Waals surface area contributed by atoms with Gasteiger partial charge in [-0.05, 0) is 38.1 Å². The third-order valence-corrected chi connectivity index (χ3v) is 5.62. The zero-order valence-corrected chi connectivity index (χ0v) is 17.3. The van der Waals surface area contributed by atoms with E-state index < -0.39 is 0 Å². The second-order valence-electron chi connectivity index (χ2n) is 7.48. The molecule has 2 amide bonds. The molecule has 2 N–H and O–H groups in total. The highest BCUT2D eigenvalue weighted by atomic mass is 35.5. The molecule has 2 heterocycles. The molecule has 2 aliphatic rings. The van der Waals surface area contributed by atoms with Gasteiger partial charge in [0.25, 0.3) is 0 Å². The van der Waals surface area contributed by atoms with Crippen LogP contribution < -0.4 is 20.3 Å². The van der Waals surface area contributed by atoms with E-state index in [1.165, 1.54) is 0 Å². The number of hydrogen-bond donors (Lipinski definition) is 2. The van der Waals surface area contributed by atoms with Gasteiger partial charge in [0.2, 0.25) is 11.8 Å². The van der Waals surface area contributed by atoms with Crippen molar-refractivity contribution in [3.8, 4) is 5.75 Å². The molecule has 28 heavy (non-hydrogen) atoms. The Morgan fingerprint density at radius 3 is 2.68 bits per heavy atom. The number of carbonyl (C=O) groups excluding carboxylic acids is 2. The Morgan fingerprint density at radius 2 is 2.00 bits per heavy atom. The highest BCUT2D eigenvalue weighted by Crippen LogP contribution is 2.33. The van der Waals surface area contributed by atoms with Crippen molar-refractivity contribution in [2.24, 2.45) is 11.3 Å². The number of amides is 2. The molecule has 0 aromatic heterocycles. The summed E-state index contributed by atoms with van der Waals surface area (Å²) >= 11 is 0. The highest BCUT2D eigenvalue weighted by molar-refractivity contribution is 6.01. The molecule has 0 bridgehead atoms. The first-order valence-corrected chi connectivity index (χ1v) is 9.49. The number of ether oxygens (including phenoxy) is 2. The van der Waals surface area contributed by atoms with Crippen LogP contribution in [0, 0.1) is 11.3 Å². The lowest BCUT2D eigenvalue weighted by Gasteiger charge is -2.37. The predicted octanol–water partition coefficient (Wildman–Crippen LogP) is 1.60. The van der Waals surface area contributed by atoms with Crippen LogP contribution in [-0.2, 0) is 14.3 Å². The molecule has 0 radical (unpaired) electrons. The minimum atomic E-state index is -0.344. The van der Waals surface area contributed by atoms with Crippen molar-refractivity contribution in [1.29, 1.82) is 0 Å². The summed E-state index contributed by atoms with van der Waals surface area (Å²) in [5.74, 6) is 0.187. The topological polar surface area (TPSA) is 79.9 Å². The first kappa shape index (κ1) is 22.5. The van der Waals surface area contributed by atoms with Crippen molar-refractivity contribution in [3.05, 3.63) is 24.3 Å². The Hall–Kier alpha value is -1.83. The van der Waals surface area contributed by atoms with E-state index in [1.807, 2.05) is 24.3 Å². The van der Waals surface area contributed by atoms with E-state index in [1.54, 1.807) is 19.1 Å². The number of nitrogens with zero attached hydrogens (tertiary/aromatic N) is 1. The van der Waals surface area contributed by atoms with Crippen molar-refractivity contribution in [2.45, 2.75) is 19.3 Å². The van der Waals surface area contributed by atoms with Crippen LogP contribution in [0.3, 0.4) is 0 Å². The Labute approximate surface area is 172 Å². The van der Waals surface area contributed by atoms with E-state index in [0.717, 1.165) is 31.6 Å². The van der Waals surface area contributed by atoms with Crippen LogP contribution in [0.25, 0.3) is 0 Å². The molecule has 3 rings (SSSR count). The standard InChI is InChI=1S/C20H29N3O4.ClH/c1-26-14-20(7-9-21-10-8-20)13-22-19(25)15-11-18(24)23(12-15)16-5-3-4-6-17(16)27-2;/h3-6,15,21H,7-14H2,1-2H3,(H,22,25);1H. The van der Waals surface area contributed by atoms with E-state index in [-0.39, 0.29) is 42.0 Å². The Morgan fingerprint density at radius 1 is 1.29 bits per heavy atom. The number of carbonyl (C=O) groups is 2. The van der Waals surface area contributed by atoms with Crippen LogP contribution in [0.1, 0.15) is 19.3 Å². The maximum atomic E-state index is 12.7. The van der Waals surface area contributed by atoms with Crippen molar-refractivity contribution in [2.75, 3.05) is 51.9 Å². The lowest BCUT2D eigenvalue weighted by Crippen LogP contribution is -2.48. The van der Waals surface area contributed by atoms with Crippen molar-refractivity contribution in [3.63, 3.8) is 0 Å². The third kappa shape index (κ3) is 4.96. The summed E-state index contributed by atoms with van der Waals surface area (Å²) in [5.41, 5.74) is 0.690. The van der Waals surface area contributed by atoms with Gasteiger partial charge in [0.1, 0.15) is 5.75 Å². The first-order chi connectivity index (χ1) is 13.1. The fourth-order valence-corrected chi connectivity index (χ4v) is 4.02. The lowest BCUT2D eigenvalue weighted by atomic mass is 9.79. The molecule has 2 fully saturated rings. The fraction of sp³-hybridized carbons (Fsp3) is 0.600. The highest BCUT2D eigenvalue weighted by Gasteiger charge is 2.38. The molecule has 1 unspecified atom stereocenters. The quantitative estimate of drug-likeness (QED) is 0.712. The molecule has 2 aliphatic heterocycles. The number of nitrogens with one attached hydrogen (secondary N) is 2. The molecule has 1 aromatic carbocycles. The summed E-state index contributed by atoms with van der Waals surface area (Å²) < 4.78 is 10.8. The zero-order valence-electron chi connectivity index (χ0n) is 16.5. The summed E-state index contributed by atoms with van der Waals surface area (Å²) in [7, 11) is 3.28. The molecule has 0 aliphatic carbocycles. The van der Waals surface area contributed by atoms with E-state index in [4.69, 9.17) is 9.47 Å². The minimum absolute atomic E-state index is 0. The molecule has 156 valence electrons. The number of anilines is 1. The summed E-state index contributed by atoms with van der Waals surface area (Å²) in [6, 6.07) is 7.40. The van der Waals surface area contributed by atoms with E-state index in [0.29, 0.717) is 25.4 Å². The maximum absolute atomic E-state index is 12.7. The van der Waals surface area contributed by atoms with Crippen LogP contribution in [0.5, 0.6) is 5.75 Å². The second kappa shape index (κ2) is 10.1. The Kier molecular flexibility index (Phi) is 8.10. The van der Waals surface area contributed by atoms with Crippen LogP contribution >= 0.6 is 12.4 Å². The molecule has 0 saturated carbocycles. The predicted molar refractivity (Wildman–Crippen MR) is 110 cm³/mol. The lowest BCUT2D eigenvalue weighted by molar-refractivity contribution is -0.127. The van der Waals surface area contributed by atoms with Gasteiger partial charge >= 0.3 is 0 Å². The third-order valence-electron chi connectivity index (χ3n) is 5.62. The summed E-state index contributed by atoms with van der Waals surface area (Å²) in [5, 5.41) is 6.43. The van der Waals surface area contributed by atoms with Gasteiger partial charge in [0.05, 0.1) is 25.3 Å². The number of benzene rings is 1. The molecule has 1 atom stereocenters. The van der Waals surface area contributed by atoms with E-state index in [2.05, 4.69) is 10.6 Å². The van der Waals surface area contributed by atoms with Crippen molar-refractivity contribution >= 4 is 29.9 Å². The van der Waals surface area contributed by atoms with Gasteiger partial charge in [-0.2, -0.15) is 0 Å².